The van der Waals surface area contributed by atoms with Crippen molar-refractivity contribution in [3.05, 3.63) is 87.8 Å². The fourth-order valence-electron chi connectivity index (χ4n) is 3.34. The second-order valence-corrected chi connectivity index (χ2v) is 8.85. The molecule has 0 saturated heterocycles. The second-order valence-electron chi connectivity index (χ2n) is 7.14. The van der Waals surface area contributed by atoms with E-state index in [1.165, 1.54) is 11.3 Å². The molecular weight excluding hydrogens is 430 g/mol. The van der Waals surface area contributed by atoms with Crippen molar-refractivity contribution >= 4 is 45.6 Å². The van der Waals surface area contributed by atoms with Crippen LogP contribution in [0.25, 0.3) is 21.5 Å². The zero-order valence-electron chi connectivity index (χ0n) is 17.1. The average molecular weight is 450 g/mol. The number of esters is 1. The maximum atomic E-state index is 13.1. The molecule has 31 heavy (non-hydrogen) atoms. The highest BCUT2D eigenvalue weighted by atomic mass is 35.5. The minimum atomic E-state index is -0.911. The summed E-state index contributed by atoms with van der Waals surface area (Å²) in [4.78, 5) is 31.3. The highest BCUT2D eigenvalue weighted by Gasteiger charge is 2.23. The third kappa shape index (κ3) is 4.53. The molecule has 1 atom stereocenters. The molecule has 0 N–H and O–H groups in total. The number of pyridine rings is 1. The number of carbonyl (C=O) groups excluding carboxylic acids is 2. The van der Waals surface area contributed by atoms with Gasteiger partial charge in [-0.25, -0.2) is 9.78 Å². The Morgan fingerprint density at radius 3 is 2.48 bits per heavy atom. The minimum absolute atomic E-state index is 0.236. The van der Waals surface area contributed by atoms with E-state index in [1.54, 1.807) is 31.2 Å². The van der Waals surface area contributed by atoms with E-state index in [0.717, 1.165) is 16.9 Å². The molecule has 4 nitrogen and oxygen atoms in total. The minimum Gasteiger partial charge on any atom is -0.451 e. The molecule has 0 saturated carbocycles. The first-order chi connectivity index (χ1) is 15.0. The number of ketones is 1. The number of carbonyl (C=O) groups is 2. The molecule has 0 amide bonds. The highest BCUT2D eigenvalue weighted by molar-refractivity contribution is 7.19. The van der Waals surface area contributed by atoms with Crippen LogP contribution in [0.1, 0.15) is 40.1 Å². The quantitative estimate of drug-likeness (QED) is 0.245. The molecule has 2 heterocycles. The molecule has 0 bridgehead atoms. The molecule has 2 aromatic carbocycles. The Balaban J connectivity index is 1.64. The standard InChI is InChI=1S/C25H20ClNO3S/c1-3-16-8-10-17(11-9-16)24(28)15(2)30-25(29)19-14-21(22-12-13-23(26)31-22)27-20-7-5-4-6-18(19)20/h4-15H,3H2,1-2H3. The predicted molar refractivity (Wildman–Crippen MR) is 125 cm³/mol. The number of hydrogen-bond donors (Lipinski definition) is 0. The van der Waals surface area contributed by atoms with Crippen molar-refractivity contribution in [3.8, 4) is 10.6 Å². The molecule has 0 aliphatic rings. The van der Waals surface area contributed by atoms with Crippen molar-refractivity contribution < 1.29 is 14.3 Å². The van der Waals surface area contributed by atoms with Gasteiger partial charge in [-0.15, -0.1) is 11.3 Å². The first-order valence-electron chi connectivity index (χ1n) is 9.96. The van der Waals surface area contributed by atoms with E-state index < -0.39 is 12.1 Å². The summed E-state index contributed by atoms with van der Waals surface area (Å²) < 4.78 is 6.22. The number of benzene rings is 2. The number of nitrogens with zero attached hydrogens (tertiary/aromatic N) is 1. The van der Waals surface area contributed by atoms with Gasteiger partial charge in [0.25, 0.3) is 0 Å². The van der Waals surface area contributed by atoms with Gasteiger partial charge < -0.3 is 4.74 Å². The largest absolute Gasteiger partial charge is 0.451 e. The molecule has 6 heteroatoms. The van der Waals surface area contributed by atoms with Gasteiger partial charge >= 0.3 is 5.97 Å². The molecule has 0 aliphatic heterocycles. The van der Waals surface area contributed by atoms with Crippen molar-refractivity contribution in [1.29, 1.82) is 0 Å². The lowest BCUT2D eigenvalue weighted by Gasteiger charge is -2.14. The molecule has 4 aromatic rings. The van der Waals surface area contributed by atoms with E-state index >= 15 is 0 Å². The van der Waals surface area contributed by atoms with Gasteiger partial charge in [0.05, 0.1) is 26.0 Å². The van der Waals surface area contributed by atoms with Crippen LogP contribution in [-0.2, 0) is 11.2 Å². The molecule has 0 spiro atoms. The van der Waals surface area contributed by atoms with Gasteiger partial charge in [-0.05, 0) is 43.2 Å². The third-order valence-electron chi connectivity index (χ3n) is 5.06. The lowest BCUT2D eigenvalue weighted by Crippen LogP contribution is -2.24. The van der Waals surface area contributed by atoms with Gasteiger partial charge in [-0.3, -0.25) is 4.79 Å². The summed E-state index contributed by atoms with van der Waals surface area (Å²) in [6, 6.07) is 20.1. The van der Waals surface area contributed by atoms with Crippen molar-refractivity contribution in [1.82, 2.24) is 4.98 Å². The summed E-state index contributed by atoms with van der Waals surface area (Å²) >= 11 is 7.46. The van der Waals surface area contributed by atoms with E-state index in [1.807, 2.05) is 42.5 Å². The van der Waals surface area contributed by atoms with Crippen LogP contribution in [0.4, 0.5) is 0 Å². The molecule has 1 unspecified atom stereocenters. The average Bonchev–Trinajstić information content (AvgIpc) is 3.24. The van der Waals surface area contributed by atoms with Gasteiger partial charge in [0.15, 0.2) is 6.10 Å². The number of rotatable bonds is 6. The van der Waals surface area contributed by atoms with Gasteiger partial charge in [-0.1, -0.05) is 61.0 Å². The van der Waals surface area contributed by atoms with Gasteiger partial charge in [0.2, 0.25) is 5.78 Å². The number of aromatic nitrogens is 1. The Hall–Kier alpha value is -3.02. The fourth-order valence-corrected chi connectivity index (χ4v) is 4.34. The third-order valence-corrected chi connectivity index (χ3v) is 6.32. The van der Waals surface area contributed by atoms with Crippen LogP contribution in [-0.4, -0.2) is 22.8 Å². The van der Waals surface area contributed by atoms with Crippen molar-refractivity contribution in [2.24, 2.45) is 0 Å². The highest BCUT2D eigenvalue weighted by Crippen LogP contribution is 2.32. The van der Waals surface area contributed by atoms with E-state index in [9.17, 15) is 9.59 Å². The number of hydrogen-bond acceptors (Lipinski definition) is 5. The Labute approximate surface area is 189 Å². The topological polar surface area (TPSA) is 56.3 Å². The van der Waals surface area contributed by atoms with Crippen LogP contribution in [0.3, 0.4) is 0 Å². The molecule has 0 fully saturated rings. The molecule has 0 radical (unpaired) electrons. The van der Waals surface area contributed by atoms with Crippen LogP contribution in [0.15, 0.2) is 66.7 Å². The van der Waals surface area contributed by atoms with Gasteiger partial charge in [-0.2, -0.15) is 0 Å². The lowest BCUT2D eigenvalue weighted by molar-refractivity contribution is 0.0320. The first kappa shape index (κ1) is 21.2. The van der Waals surface area contributed by atoms with E-state index in [4.69, 9.17) is 16.3 Å². The summed E-state index contributed by atoms with van der Waals surface area (Å²) in [7, 11) is 0. The number of para-hydroxylation sites is 1. The summed E-state index contributed by atoms with van der Waals surface area (Å²) in [6.45, 7) is 3.65. The monoisotopic (exact) mass is 449 g/mol. The number of ether oxygens (including phenoxy) is 1. The van der Waals surface area contributed by atoms with Crippen molar-refractivity contribution in [3.63, 3.8) is 0 Å². The fraction of sp³-hybridized carbons (Fsp3) is 0.160. The zero-order chi connectivity index (χ0) is 22.0. The van der Waals surface area contributed by atoms with Crippen molar-refractivity contribution in [2.75, 3.05) is 0 Å². The summed E-state index contributed by atoms with van der Waals surface area (Å²) in [5.41, 5.74) is 3.34. The smallest absolute Gasteiger partial charge is 0.339 e. The maximum absolute atomic E-state index is 13.1. The van der Waals surface area contributed by atoms with E-state index in [0.29, 0.717) is 32.1 Å². The maximum Gasteiger partial charge on any atom is 0.339 e. The normalized spacial score (nSPS) is 12.0. The molecule has 2 aromatic heterocycles. The molecule has 4 rings (SSSR count). The Morgan fingerprint density at radius 2 is 1.81 bits per heavy atom. The van der Waals surface area contributed by atoms with Crippen LogP contribution in [0, 0.1) is 0 Å². The molecule has 0 aliphatic carbocycles. The summed E-state index contributed by atoms with van der Waals surface area (Å²) in [6.07, 6.45) is -0.0159. The molecular formula is C25H20ClNO3S. The van der Waals surface area contributed by atoms with E-state index in [-0.39, 0.29) is 5.78 Å². The molecule has 156 valence electrons. The predicted octanol–water partition coefficient (Wildman–Crippen LogP) is 6.61. The van der Waals surface area contributed by atoms with Crippen LogP contribution in [0.5, 0.6) is 0 Å². The van der Waals surface area contributed by atoms with Crippen LogP contribution in [0.2, 0.25) is 4.34 Å². The summed E-state index contributed by atoms with van der Waals surface area (Å²) in [5, 5.41) is 0.672. The zero-order valence-corrected chi connectivity index (χ0v) is 18.7. The number of thiophene rings is 1. The van der Waals surface area contributed by atoms with Gasteiger partial charge in [0.1, 0.15) is 0 Å². The SMILES string of the molecule is CCc1ccc(C(=O)C(C)OC(=O)c2cc(-c3ccc(Cl)s3)nc3ccccc23)cc1. The number of Topliss-reactive ketones (excluding diaryl/α,β-unsaturated/α-hetero) is 1. The lowest BCUT2D eigenvalue weighted by atomic mass is 10.0. The van der Waals surface area contributed by atoms with Gasteiger partial charge in [0, 0.05) is 10.9 Å². The van der Waals surface area contributed by atoms with Crippen LogP contribution >= 0.6 is 22.9 Å². The first-order valence-corrected chi connectivity index (χ1v) is 11.2. The Morgan fingerprint density at radius 1 is 1.06 bits per heavy atom. The number of aryl methyl sites for hydroxylation is 1. The summed E-state index contributed by atoms with van der Waals surface area (Å²) in [5.74, 6) is -0.798. The number of halogens is 1. The Bertz CT molecular complexity index is 1260. The Kier molecular flexibility index (Phi) is 6.16. The second kappa shape index (κ2) is 9.00. The van der Waals surface area contributed by atoms with Crippen molar-refractivity contribution in [2.45, 2.75) is 26.4 Å². The number of fused-ring (bicyclic) bond motifs is 1. The van der Waals surface area contributed by atoms with E-state index in [2.05, 4.69) is 11.9 Å². The van der Waals surface area contributed by atoms with Crippen LogP contribution < -0.4 is 0 Å².